The Bertz CT molecular complexity index is 270. The van der Waals surface area contributed by atoms with Crippen LogP contribution in [0.1, 0.15) is 19.3 Å². The van der Waals surface area contributed by atoms with Gasteiger partial charge in [-0.1, -0.05) is 6.08 Å². The lowest BCUT2D eigenvalue weighted by atomic mass is 9.95. The molecule has 2 fully saturated rings. The van der Waals surface area contributed by atoms with Crippen molar-refractivity contribution < 1.29 is 24.8 Å². The fourth-order valence-corrected chi connectivity index (χ4v) is 2.55. The van der Waals surface area contributed by atoms with Gasteiger partial charge in [0.1, 0.15) is 6.10 Å². The highest BCUT2D eigenvalue weighted by Crippen LogP contribution is 2.34. The Morgan fingerprint density at radius 3 is 2.65 bits per heavy atom. The first-order valence-electron chi connectivity index (χ1n) is 6.04. The van der Waals surface area contributed by atoms with Crippen LogP contribution in [0.3, 0.4) is 0 Å². The molecule has 0 aromatic heterocycles. The summed E-state index contributed by atoms with van der Waals surface area (Å²) in [5.74, 6) is 0. The van der Waals surface area contributed by atoms with E-state index < -0.39 is 18.3 Å². The van der Waals surface area contributed by atoms with Gasteiger partial charge in [-0.25, -0.2) is 0 Å². The largest absolute Gasteiger partial charge is 0.394 e. The van der Waals surface area contributed by atoms with Gasteiger partial charge in [-0.15, -0.1) is 6.58 Å². The Labute approximate surface area is 101 Å². The van der Waals surface area contributed by atoms with E-state index in [9.17, 15) is 10.2 Å². The standard InChI is InChI=1S/C12H20O5/c1-2-3-9-7(14)4-11-12(16-9)5-10(17-11)8(15)6-13/h2,7-15H,1,3-6H2/t7?,8-,9?,10?,11?,12?/m0/s1. The SMILES string of the molecule is C=CCC1OC2CC([C@@H](O)CO)OC2CC1O. The summed E-state index contributed by atoms with van der Waals surface area (Å²) in [6, 6.07) is 0. The molecule has 0 bridgehead atoms. The molecular weight excluding hydrogens is 224 g/mol. The van der Waals surface area contributed by atoms with Gasteiger partial charge in [0.05, 0.1) is 37.1 Å². The first kappa shape index (κ1) is 13.0. The van der Waals surface area contributed by atoms with Gasteiger partial charge < -0.3 is 24.8 Å². The van der Waals surface area contributed by atoms with Gasteiger partial charge in [0, 0.05) is 12.8 Å². The maximum Gasteiger partial charge on any atom is 0.103 e. The lowest BCUT2D eigenvalue weighted by molar-refractivity contribution is -0.156. The normalized spacial score (nSPS) is 43.1. The van der Waals surface area contributed by atoms with Crippen LogP contribution < -0.4 is 0 Å². The Hall–Kier alpha value is -0.460. The molecule has 0 amide bonds. The Morgan fingerprint density at radius 2 is 2.00 bits per heavy atom. The molecule has 0 saturated carbocycles. The quantitative estimate of drug-likeness (QED) is 0.586. The van der Waals surface area contributed by atoms with Crippen molar-refractivity contribution in [2.24, 2.45) is 0 Å². The number of ether oxygens (including phenoxy) is 2. The third-order valence-electron chi connectivity index (χ3n) is 3.50. The number of hydrogen-bond acceptors (Lipinski definition) is 5. The molecule has 5 unspecified atom stereocenters. The van der Waals surface area contributed by atoms with E-state index in [4.69, 9.17) is 14.6 Å². The topological polar surface area (TPSA) is 79.2 Å². The lowest BCUT2D eigenvalue weighted by Crippen LogP contribution is -2.44. The molecular formula is C12H20O5. The van der Waals surface area contributed by atoms with Gasteiger partial charge in [0.25, 0.3) is 0 Å². The van der Waals surface area contributed by atoms with E-state index in [1.54, 1.807) is 6.08 Å². The van der Waals surface area contributed by atoms with Gasteiger partial charge in [0.2, 0.25) is 0 Å². The zero-order chi connectivity index (χ0) is 12.4. The van der Waals surface area contributed by atoms with E-state index in [1.807, 2.05) is 0 Å². The molecule has 5 heteroatoms. The average Bonchev–Trinajstić information content (AvgIpc) is 2.71. The Balaban J connectivity index is 1.95. The molecule has 2 aliphatic heterocycles. The number of fused-ring (bicyclic) bond motifs is 1. The van der Waals surface area contributed by atoms with Crippen LogP contribution in [0.4, 0.5) is 0 Å². The second kappa shape index (κ2) is 5.46. The molecule has 0 aliphatic carbocycles. The summed E-state index contributed by atoms with van der Waals surface area (Å²) in [6.45, 7) is 3.32. The zero-order valence-electron chi connectivity index (χ0n) is 9.74. The molecule has 6 atom stereocenters. The predicted octanol–water partition coefficient (Wildman–Crippen LogP) is -0.408. The summed E-state index contributed by atoms with van der Waals surface area (Å²) in [7, 11) is 0. The van der Waals surface area contributed by atoms with E-state index in [0.717, 1.165) is 0 Å². The van der Waals surface area contributed by atoms with Crippen LogP contribution in [-0.4, -0.2) is 58.6 Å². The van der Waals surface area contributed by atoms with Crippen molar-refractivity contribution in [2.75, 3.05) is 6.61 Å². The zero-order valence-corrected chi connectivity index (χ0v) is 9.74. The van der Waals surface area contributed by atoms with Crippen LogP contribution in [0.2, 0.25) is 0 Å². The second-order valence-corrected chi connectivity index (χ2v) is 4.74. The van der Waals surface area contributed by atoms with Crippen molar-refractivity contribution in [2.45, 2.75) is 55.9 Å². The fourth-order valence-electron chi connectivity index (χ4n) is 2.55. The van der Waals surface area contributed by atoms with Gasteiger partial charge in [0.15, 0.2) is 0 Å². The third-order valence-corrected chi connectivity index (χ3v) is 3.50. The van der Waals surface area contributed by atoms with Gasteiger partial charge in [-0.3, -0.25) is 0 Å². The maximum absolute atomic E-state index is 9.86. The summed E-state index contributed by atoms with van der Waals surface area (Å²) < 4.78 is 11.3. The number of aliphatic hydroxyl groups excluding tert-OH is 3. The van der Waals surface area contributed by atoms with Crippen LogP contribution in [0.15, 0.2) is 12.7 Å². The summed E-state index contributed by atoms with van der Waals surface area (Å²) in [5, 5.41) is 28.3. The van der Waals surface area contributed by atoms with Crippen molar-refractivity contribution >= 4 is 0 Å². The van der Waals surface area contributed by atoms with Crippen molar-refractivity contribution in [1.82, 2.24) is 0 Å². The monoisotopic (exact) mass is 244 g/mol. The van der Waals surface area contributed by atoms with Crippen molar-refractivity contribution in [1.29, 1.82) is 0 Å². The molecule has 0 aromatic rings. The maximum atomic E-state index is 9.86. The number of hydrogen-bond donors (Lipinski definition) is 3. The molecule has 0 spiro atoms. The van der Waals surface area contributed by atoms with E-state index in [1.165, 1.54) is 0 Å². The highest BCUT2D eigenvalue weighted by Gasteiger charge is 2.45. The van der Waals surface area contributed by atoms with Gasteiger partial charge in [-0.2, -0.15) is 0 Å². The highest BCUT2D eigenvalue weighted by molar-refractivity contribution is 4.95. The second-order valence-electron chi connectivity index (χ2n) is 4.74. The molecule has 0 radical (unpaired) electrons. The van der Waals surface area contributed by atoms with Crippen molar-refractivity contribution in [3.05, 3.63) is 12.7 Å². The molecule has 98 valence electrons. The molecule has 3 N–H and O–H groups in total. The highest BCUT2D eigenvalue weighted by atomic mass is 16.6. The van der Waals surface area contributed by atoms with Crippen molar-refractivity contribution in [3.8, 4) is 0 Å². The van der Waals surface area contributed by atoms with E-state index >= 15 is 0 Å². The predicted molar refractivity (Wildman–Crippen MR) is 60.5 cm³/mol. The molecule has 0 aromatic carbocycles. The van der Waals surface area contributed by atoms with E-state index in [0.29, 0.717) is 19.3 Å². The minimum atomic E-state index is -0.876. The van der Waals surface area contributed by atoms with Gasteiger partial charge >= 0.3 is 0 Å². The minimum absolute atomic E-state index is 0.102. The smallest absolute Gasteiger partial charge is 0.103 e. The third kappa shape index (κ3) is 2.69. The van der Waals surface area contributed by atoms with Crippen LogP contribution in [0, 0.1) is 0 Å². The molecule has 17 heavy (non-hydrogen) atoms. The summed E-state index contributed by atoms with van der Waals surface area (Å²) in [4.78, 5) is 0. The van der Waals surface area contributed by atoms with Crippen LogP contribution in [0.5, 0.6) is 0 Å². The number of aliphatic hydroxyl groups is 3. The fraction of sp³-hybridized carbons (Fsp3) is 0.833. The summed E-state index contributed by atoms with van der Waals surface area (Å²) in [5.41, 5.74) is 0. The van der Waals surface area contributed by atoms with E-state index in [2.05, 4.69) is 6.58 Å². The average molecular weight is 244 g/mol. The Morgan fingerprint density at radius 1 is 1.29 bits per heavy atom. The number of rotatable bonds is 4. The molecule has 2 rings (SSSR count). The van der Waals surface area contributed by atoms with Crippen LogP contribution >= 0.6 is 0 Å². The summed E-state index contributed by atoms with van der Waals surface area (Å²) >= 11 is 0. The van der Waals surface area contributed by atoms with Crippen molar-refractivity contribution in [3.63, 3.8) is 0 Å². The minimum Gasteiger partial charge on any atom is -0.394 e. The molecule has 5 nitrogen and oxygen atoms in total. The molecule has 2 aliphatic rings. The molecule has 2 saturated heterocycles. The van der Waals surface area contributed by atoms with Gasteiger partial charge in [-0.05, 0) is 6.42 Å². The first-order valence-corrected chi connectivity index (χ1v) is 6.04. The van der Waals surface area contributed by atoms with Crippen LogP contribution in [0.25, 0.3) is 0 Å². The first-order chi connectivity index (χ1) is 8.15. The van der Waals surface area contributed by atoms with Crippen LogP contribution in [-0.2, 0) is 9.47 Å². The lowest BCUT2D eigenvalue weighted by Gasteiger charge is -2.34. The molecule has 2 heterocycles. The summed E-state index contributed by atoms with van der Waals surface area (Å²) in [6.07, 6.45) is 1.06. The van der Waals surface area contributed by atoms with E-state index in [-0.39, 0.29) is 24.9 Å². The Kier molecular flexibility index (Phi) is 4.17.